The lowest BCUT2D eigenvalue weighted by atomic mass is 10.0. The first-order valence-corrected chi connectivity index (χ1v) is 15.5. The van der Waals surface area contributed by atoms with Crippen molar-refractivity contribution in [2.45, 2.75) is 44.6 Å². The van der Waals surface area contributed by atoms with Crippen LogP contribution in [-0.4, -0.2) is 40.3 Å². The molecule has 230 valence electrons. The summed E-state index contributed by atoms with van der Waals surface area (Å²) in [5.41, 5.74) is 3.13. The molecular weight excluding hydrogens is 631 g/mol. The van der Waals surface area contributed by atoms with Crippen molar-refractivity contribution in [3.63, 3.8) is 0 Å². The molecule has 0 saturated heterocycles. The van der Waals surface area contributed by atoms with Crippen LogP contribution in [0.2, 0.25) is 10.0 Å². The van der Waals surface area contributed by atoms with E-state index in [1.54, 1.807) is 67.6 Å². The van der Waals surface area contributed by atoms with Crippen LogP contribution in [-0.2, 0) is 21.3 Å². The molecule has 44 heavy (non-hydrogen) atoms. The molecule has 0 saturated carbocycles. The predicted molar refractivity (Wildman–Crippen MR) is 166 cm³/mol. The highest BCUT2D eigenvalue weighted by Gasteiger charge is 2.21. The zero-order valence-corrected chi connectivity index (χ0v) is 26.2. The topological polar surface area (TPSA) is 149 Å². The van der Waals surface area contributed by atoms with Crippen molar-refractivity contribution in [2.75, 3.05) is 0 Å². The van der Waals surface area contributed by atoms with Crippen molar-refractivity contribution < 1.29 is 36.9 Å². The minimum atomic E-state index is -4.03. The summed E-state index contributed by atoms with van der Waals surface area (Å²) in [4.78, 5) is 15.8. The van der Waals surface area contributed by atoms with Gasteiger partial charge in [-0.1, -0.05) is 59.9 Å². The lowest BCUT2D eigenvalue weighted by molar-refractivity contribution is -0.144. The molecule has 2 N–H and O–H groups in total. The molecule has 10 nitrogen and oxygen atoms in total. The number of fused-ring (bicyclic) bond motifs is 1. The van der Waals surface area contributed by atoms with Crippen molar-refractivity contribution in [3.8, 4) is 28.6 Å². The molecule has 2 aromatic heterocycles. The van der Waals surface area contributed by atoms with Gasteiger partial charge in [0.25, 0.3) is 10.1 Å². The number of aliphatic carboxylic acids is 1. The number of benzene rings is 3. The molecule has 0 fully saturated rings. The van der Waals surface area contributed by atoms with Crippen molar-refractivity contribution >= 4 is 50.3 Å². The van der Waals surface area contributed by atoms with Crippen molar-refractivity contribution in [3.05, 3.63) is 94.1 Å². The summed E-state index contributed by atoms with van der Waals surface area (Å²) in [6.45, 7) is 5.11. The van der Waals surface area contributed by atoms with E-state index < -0.39 is 22.2 Å². The Morgan fingerprint density at radius 3 is 2.36 bits per heavy atom. The van der Waals surface area contributed by atoms with Gasteiger partial charge in [0, 0.05) is 22.7 Å². The number of pyridine rings is 1. The minimum absolute atomic E-state index is 0.0278. The Labute approximate surface area is 263 Å². The quantitative estimate of drug-likeness (QED) is 0.149. The molecule has 0 radical (unpaired) electrons. The number of nitrogens with zero attached hydrogens (tertiary/aromatic N) is 2. The third kappa shape index (κ3) is 8.06. The van der Waals surface area contributed by atoms with Crippen LogP contribution in [0.4, 0.5) is 0 Å². The number of carboxylic acids is 1. The first-order valence-electron chi connectivity index (χ1n) is 13.3. The third-order valence-corrected chi connectivity index (χ3v) is 7.84. The fourth-order valence-corrected chi connectivity index (χ4v) is 5.17. The molecule has 0 aliphatic heterocycles. The molecule has 0 amide bonds. The van der Waals surface area contributed by atoms with E-state index in [0.29, 0.717) is 45.3 Å². The van der Waals surface area contributed by atoms with Gasteiger partial charge >= 0.3 is 5.97 Å². The van der Waals surface area contributed by atoms with Crippen LogP contribution < -0.4 is 9.47 Å². The smallest absolute Gasteiger partial charge is 0.344 e. The maximum atomic E-state index is 11.2. The van der Waals surface area contributed by atoms with Crippen LogP contribution in [0, 0.1) is 6.92 Å². The Kier molecular flexibility index (Phi) is 10.5. The summed E-state index contributed by atoms with van der Waals surface area (Å²) in [5.74, 6) is 0.205. The Bertz CT molecular complexity index is 1890. The number of hydrogen-bond acceptors (Lipinski definition) is 8. The lowest BCUT2D eigenvalue weighted by Gasteiger charge is -2.12. The van der Waals surface area contributed by atoms with Crippen LogP contribution in [0.25, 0.3) is 22.2 Å². The highest BCUT2D eigenvalue weighted by atomic mass is 35.5. The predicted octanol–water partition coefficient (Wildman–Crippen LogP) is 8.04. The van der Waals surface area contributed by atoms with Gasteiger partial charge in [-0.2, -0.15) is 8.42 Å². The Balaban J connectivity index is 0.000000339. The van der Waals surface area contributed by atoms with Crippen molar-refractivity contribution in [1.29, 1.82) is 0 Å². The Hall–Kier alpha value is -4.16. The molecule has 1 atom stereocenters. The van der Waals surface area contributed by atoms with E-state index in [0.717, 1.165) is 17.7 Å². The molecule has 0 spiro atoms. The van der Waals surface area contributed by atoms with Crippen molar-refractivity contribution in [2.24, 2.45) is 0 Å². The SMILES string of the molecule is CCCc1nc(Oc2ccc(Cl)cc2)ccc1-c1noc2cc(Cl)c(O[C@@H](C)C(=O)O)cc12.Cc1ccccc1S(=O)(=O)O. The van der Waals surface area contributed by atoms with Crippen LogP contribution >= 0.6 is 23.2 Å². The number of aromatic nitrogens is 2. The van der Waals surface area contributed by atoms with E-state index in [1.165, 1.54) is 13.0 Å². The van der Waals surface area contributed by atoms with Crippen LogP contribution in [0.1, 0.15) is 31.5 Å². The van der Waals surface area contributed by atoms with Gasteiger partial charge in [-0.3, -0.25) is 4.55 Å². The number of ether oxygens (including phenoxy) is 2. The van der Waals surface area contributed by atoms with E-state index in [2.05, 4.69) is 17.1 Å². The van der Waals surface area contributed by atoms with Gasteiger partial charge in [-0.05, 0) is 68.3 Å². The van der Waals surface area contributed by atoms with E-state index in [-0.39, 0.29) is 15.7 Å². The van der Waals surface area contributed by atoms with E-state index in [4.69, 9.17) is 46.9 Å². The molecule has 0 aliphatic rings. The standard InChI is InChI=1S/C24H20Cl2N2O5.C7H8O3S/c1-3-4-19-16(9-10-22(27-19)32-15-7-5-14(25)6-8-15)23-17-11-21(31-13(2)24(29)30)18(26)12-20(17)33-28-23;1-6-4-2-3-5-7(6)11(8,9)10/h5-13H,3-4H2,1-2H3,(H,29,30);2-5H,1H3,(H,8,9,10)/t13-;/m0./s1. The number of hydrogen-bond donors (Lipinski definition) is 2. The zero-order valence-electron chi connectivity index (χ0n) is 23.8. The third-order valence-electron chi connectivity index (χ3n) is 6.27. The van der Waals surface area contributed by atoms with Gasteiger partial charge in [0.05, 0.1) is 21.0 Å². The summed E-state index contributed by atoms with van der Waals surface area (Å²) < 4.78 is 46.7. The Morgan fingerprint density at radius 1 is 1.05 bits per heavy atom. The minimum Gasteiger partial charge on any atom is -0.479 e. The van der Waals surface area contributed by atoms with E-state index in [1.807, 2.05) is 6.07 Å². The molecule has 2 heterocycles. The van der Waals surface area contributed by atoms with Gasteiger partial charge in [0.15, 0.2) is 11.7 Å². The second-order valence-electron chi connectivity index (χ2n) is 9.60. The maximum absolute atomic E-state index is 11.2. The zero-order chi connectivity index (χ0) is 32.0. The monoisotopic (exact) mass is 658 g/mol. The molecule has 5 aromatic rings. The summed E-state index contributed by atoms with van der Waals surface area (Å²) in [7, 11) is -4.03. The lowest BCUT2D eigenvalue weighted by Crippen LogP contribution is -2.22. The molecule has 3 aromatic carbocycles. The number of halogens is 2. The summed E-state index contributed by atoms with van der Waals surface area (Å²) >= 11 is 12.2. The second-order valence-corrected chi connectivity index (χ2v) is 11.8. The highest BCUT2D eigenvalue weighted by Crippen LogP contribution is 2.37. The fraction of sp³-hybridized carbons (Fsp3) is 0.194. The van der Waals surface area contributed by atoms with Crippen LogP contribution in [0.3, 0.4) is 0 Å². The summed E-state index contributed by atoms with van der Waals surface area (Å²) in [6.07, 6.45) is 0.482. The van der Waals surface area contributed by atoms with Gasteiger partial charge in [-0.15, -0.1) is 0 Å². The van der Waals surface area contributed by atoms with Crippen LogP contribution in [0.5, 0.6) is 17.4 Å². The van der Waals surface area contributed by atoms with Gasteiger partial charge < -0.3 is 19.1 Å². The number of carboxylic acid groups (broad SMARTS) is 1. The summed E-state index contributed by atoms with van der Waals surface area (Å²) in [6, 6.07) is 20.1. The molecule has 5 rings (SSSR count). The first-order chi connectivity index (χ1) is 20.9. The second kappa shape index (κ2) is 14.1. The van der Waals surface area contributed by atoms with Gasteiger partial charge in [-0.25, -0.2) is 9.78 Å². The van der Waals surface area contributed by atoms with E-state index >= 15 is 0 Å². The average Bonchev–Trinajstić information content (AvgIpc) is 3.37. The highest BCUT2D eigenvalue weighted by molar-refractivity contribution is 7.85. The first kappa shape index (κ1) is 32.7. The molecule has 13 heteroatoms. The molecule has 0 unspecified atom stereocenters. The largest absolute Gasteiger partial charge is 0.479 e. The molecular formula is C31H28Cl2N2O8S. The van der Waals surface area contributed by atoms with Gasteiger partial charge in [0.2, 0.25) is 5.88 Å². The number of carbonyl (C=O) groups is 1. The normalized spacial score (nSPS) is 11.9. The Morgan fingerprint density at radius 2 is 1.75 bits per heavy atom. The number of rotatable bonds is 9. The van der Waals surface area contributed by atoms with Crippen LogP contribution in [0.15, 0.2) is 82.2 Å². The number of aryl methyl sites for hydroxylation is 2. The van der Waals surface area contributed by atoms with Crippen molar-refractivity contribution in [1.82, 2.24) is 10.1 Å². The van der Waals surface area contributed by atoms with E-state index in [9.17, 15) is 13.2 Å². The fourth-order valence-electron chi connectivity index (χ4n) is 4.12. The average molecular weight is 660 g/mol. The van der Waals surface area contributed by atoms with Gasteiger partial charge in [0.1, 0.15) is 17.2 Å². The molecule has 0 bridgehead atoms. The molecule has 0 aliphatic carbocycles. The maximum Gasteiger partial charge on any atom is 0.344 e. The summed E-state index contributed by atoms with van der Waals surface area (Å²) in [5, 5.41) is 14.9.